The number of hydrogen-bond acceptors (Lipinski definition) is 4. The third-order valence-electron chi connectivity index (χ3n) is 2.17. The van der Waals surface area contributed by atoms with E-state index in [1.54, 1.807) is 6.92 Å². The molecule has 0 bridgehead atoms. The normalized spacial score (nSPS) is 11.2. The Morgan fingerprint density at radius 3 is 2.58 bits per heavy atom. The number of hydrogen-bond donors (Lipinski definition) is 1. The zero-order valence-electron chi connectivity index (χ0n) is 10.3. The van der Waals surface area contributed by atoms with E-state index in [9.17, 15) is 22.8 Å². The molecule has 0 aliphatic rings. The van der Waals surface area contributed by atoms with Gasteiger partial charge >= 0.3 is 12.3 Å². The fourth-order valence-electron chi connectivity index (χ4n) is 1.44. The van der Waals surface area contributed by atoms with E-state index in [-0.39, 0.29) is 12.2 Å². The van der Waals surface area contributed by atoms with Crippen molar-refractivity contribution in [2.24, 2.45) is 0 Å². The van der Waals surface area contributed by atoms with Gasteiger partial charge in [-0.3, -0.25) is 9.59 Å². The summed E-state index contributed by atoms with van der Waals surface area (Å²) in [5.41, 5.74) is -1.16. The van der Waals surface area contributed by atoms with Crippen LogP contribution in [0.4, 0.5) is 13.2 Å². The molecule has 0 spiro atoms. The molecule has 0 amide bonds. The van der Waals surface area contributed by atoms with Crippen LogP contribution in [-0.2, 0) is 16.0 Å². The predicted octanol–water partition coefficient (Wildman–Crippen LogP) is 1.69. The molecule has 8 heteroatoms. The molecular weight excluding hydrogens is 267 g/mol. The van der Waals surface area contributed by atoms with Crippen molar-refractivity contribution in [1.29, 1.82) is 0 Å². The maximum Gasteiger partial charge on any atom is 0.573 e. The molecule has 19 heavy (non-hydrogen) atoms. The van der Waals surface area contributed by atoms with E-state index in [2.05, 4.69) is 14.5 Å². The Bertz CT molecular complexity index is 522. The Morgan fingerprint density at radius 1 is 1.42 bits per heavy atom. The Balaban J connectivity index is 3.17. The number of rotatable bonds is 4. The summed E-state index contributed by atoms with van der Waals surface area (Å²) >= 11 is 0. The first kappa shape index (κ1) is 15.1. The van der Waals surface area contributed by atoms with E-state index < -0.39 is 35.6 Å². The van der Waals surface area contributed by atoms with Crippen LogP contribution in [0.2, 0.25) is 0 Å². The first-order valence-corrected chi connectivity index (χ1v) is 5.37. The monoisotopic (exact) mass is 279 g/mol. The fourth-order valence-corrected chi connectivity index (χ4v) is 1.44. The molecule has 1 rings (SSSR count). The molecule has 1 N–H and O–H groups in total. The van der Waals surface area contributed by atoms with Crippen LogP contribution in [0.5, 0.6) is 5.75 Å². The topological polar surface area (TPSA) is 68.4 Å². The van der Waals surface area contributed by atoms with Gasteiger partial charge in [0.2, 0.25) is 0 Å². The zero-order chi connectivity index (χ0) is 14.6. The molecule has 106 valence electrons. The summed E-state index contributed by atoms with van der Waals surface area (Å²) in [6, 6.07) is 0. The van der Waals surface area contributed by atoms with Gasteiger partial charge < -0.3 is 14.5 Å². The van der Waals surface area contributed by atoms with Crippen molar-refractivity contribution in [2.75, 3.05) is 6.61 Å². The van der Waals surface area contributed by atoms with E-state index in [1.807, 2.05) is 0 Å². The molecule has 0 saturated carbocycles. The number of nitrogens with one attached hydrogen (secondary N) is 1. The van der Waals surface area contributed by atoms with Crippen LogP contribution in [-0.4, -0.2) is 23.9 Å². The van der Waals surface area contributed by atoms with Crippen LogP contribution >= 0.6 is 0 Å². The third kappa shape index (κ3) is 4.31. The number of alkyl halides is 3. The lowest BCUT2D eigenvalue weighted by Gasteiger charge is -2.14. The number of pyridine rings is 1. The van der Waals surface area contributed by atoms with Gasteiger partial charge in [-0.15, -0.1) is 13.2 Å². The molecule has 0 aromatic carbocycles. The van der Waals surface area contributed by atoms with Crippen LogP contribution < -0.4 is 10.3 Å². The van der Waals surface area contributed by atoms with Crippen molar-refractivity contribution in [3.63, 3.8) is 0 Å². The Hall–Kier alpha value is -1.99. The lowest BCUT2D eigenvalue weighted by atomic mass is 10.1. The van der Waals surface area contributed by atoms with Crippen molar-refractivity contribution in [1.82, 2.24) is 4.98 Å². The molecule has 1 aromatic rings. The number of ether oxygens (including phenoxy) is 2. The summed E-state index contributed by atoms with van der Waals surface area (Å²) in [7, 11) is 0. The predicted molar refractivity (Wildman–Crippen MR) is 58.8 cm³/mol. The lowest BCUT2D eigenvalue weighted by Crippen LogP contribution is -2.25. The molecular formula is C11H12F3NO4. The Kier molecular flexibility index (Phi) is 4.57. The molecule has 0 saturated heterocycles. The number of esters is 1. The van der Waals surface area contributed by atoms with Crippen molar-refractivity contribution in [3.8, 4) is 5.75 Å². The van der Waals surface area contributed by atoms with Crippen molar-refractivity contribution >= 4 is 5.97 Å². The minimum Gasteiger partial charge on any atom is -0.466 e. The molecule has 0 unspecified atom stereocenters. The number of aromatic nitrogens is 1. The highest BCUT2D eigenvalue weighted by molar-refractivity contribution is 5.73. The third-order valence-corrected chi connectivity index (χ3v) is 2.17. The highest BCUT2D eigenvalue weighted by Gasteiger charge is 2.33. The first-order valence-electron chi connectivity index (χ1n) is 5.37. The summed E-state index contributed by atoms with van der Waals surface area (Å²) in [4.78, 5) is 25.0. The van der Waals surface area contributed by atoms with Gasteiger partial charge in [0.15, 0.2) is 0 Å². The number of aromatic amines is 1. The standard InChI is InChI=1S/C11H12F3NO4/c1-3-18-8(16)4-7-9(19-11(12,13)14)6(2)5-15-10(7)17/h5H,3-4H2,1-2H3,(H,15,17). The summed E-state index contributed by atoms with van der Waals surface area (Å²) in [6.07, 6.45) is -4.45. The van der Waals surface area contributed by atoms with Gasteiger partial charge in [0.1, 0.15) is 5.75 Å². The second-order valence-corrected chi connectivity index (χ2v) is 3.64. The average Bonchev–Trinajstić information content (AvgIpc) is 2.27. The van der Waals surface area contributed by atoms with Gasteiger partial charge in [-0.2, -0.15) is 0 Å². The zero-order valence-corrected chi connectivity index (χ0v) is 10.3. The summed E-state index contributed by atoms with van der Waals surface area (Å²) in [6.45, 7) is 2.94. The molecule has 0 fully saturated rings. The smallest absolute Gasteiger partial charge is 0.466 e. The fraction of sp³-hybridized carbons (Fsp3) is 0.455. The number of aryl methyl sites for hydroxylation is 1. The first-order chi connectivity index (χ1) is 8.74. The maximum absolute atomic E-state index is 12.3. The van der Waals surface area contributed by atoms with Gasteiger partial charge in [-0.25, -0.2) is 0 Å². The van der Waals surface area contributed by atoms with Crippen LogP contribution in [0.25, 0.3) is 0 Å². The number of halogens is 3. The summed E-state index contributed by atoms with van der Waals surface area (Å²) < 4.78 is 45.2. The summed E-state index contributed by atoms with van der Waals surface area (Å²) in [5.74, 6) is -1.46. The number of H-pyrrole nitrogens is 1. The van der Waals surface area contributed by atoms with Crippen LogP contribution in [0.1, 0.15) is 18.1 Å². The highest BCUT2D eigenvalue weighted by Crippen LogP contribution is 2.27. The molecule has 0 aliphatic heterocycles. The molecule has 1 heterocycles. The van der Waals surface area contributed by atoms with Crippen LogP contribution in [0, 0.1) is 6.92 Å². The minimum atomic E-state index is -4.94. The van der Waals surface area contributed by atoms with Crippen molar-refractivity contribution < 1.29 is 27.4 Å². The van der Waals surface area contributed by atoms with Crippen molar-refractivity contribution in [3.05, 3.63) is 27.7 Å². The van der Waals surface area contributed by atoms with Gasteiger partial charge in [0.25, 0.3) is 5.56 Å². The second-order valence-electron chi connectivity index (χ2n) is 3.64. The quantitative estimate of drug-likeness (QED) is 0.851. The van der Waals surface area contributed by atoms with Crippen LogP contribution in [0.3, 0.4) is 0 Å². The molecule has 5 nitrogen and oxygen atoms in total. The highest BCUT2D eigenvalue weighted by atomic mass is 19.4. The van der Waals surface area contributed by atoms with Crippen LogP contribution in [0.15, 0.2) is 11.0 Å². The Morgan fingerprint density at radius 2 is 2.05 bits per heavy atom. The van der Waals surface area contributed by atoms with Gasteiger partial charge in [0.05, 0.1) is 18.6 Å². The molecule has 0 atom stereocenters. The van der Waals surface area contributed by atoms with E-state index in [0.717, 1.165) is 6.20 Å². The number of carbonyl (C=O) groups is 1. The molecule has 0 aliphatic carbocycles. The summed E-state index contributed by atoms with van der Waals surface area (Å²) in [5, 5.41) is 0. The number of carbonyl (C=O) groups excluding carboxylic acids is 1. The maximum atomic E-state index is 12.3. The van der Waals surface area contributed by atoms with E-state index in [1.165, 1.54) is 6.92 Å². The van der Waals surface area contributed by atoms with E-state index in [0.29, 0.717) is 0 Å². The van der Waals surface area contributed by atoms with Gasteiger partial charge in [0, 0.05) is 11.8 Å². The van der Waals surface area contributed by atoms with Crippen molar-refractivity contribution in [2.45, 2.75) is 26.6 Å². The average molecular weight is 279 g/mol. The SMILES string of the molecule is CCOC(=O)Cc1c(OC(F)(F)F)c(C)c[nH]c1=O. The van der Waals surface area contributed by atoms with Gasteiger partial charge in [-0.1, -0.05) is 0 Å². The van der Waals surface area contributed by atoms with E-state index >= 15 is 0 Å². The molecule has 1 aromatic heterocycles. The van der Waals surface area contributed by atoms with Gasteiger partial charge in [-0.05, 0) is 13.8 Å². The second kappa shape index (κ2) is 5.77. The lowest BCUT2D eigenvalue weighted by molar-refractivity contribution is -0.275. The minimum absolute atomic E-state index is 0.0659. The molecule has 0 radical (unpaired) electrons. The largest absolute Gasteiger partial charge is 0.573 e. The van der Waals surface area contributed by atoms with E-state index in [4.69, 9.17) is 0 Å². The Labute approximate surface area is 106 Å².